The Balaban J connectivity index is 2.29. The van der Waals surface area contributed by atoms with E-state index in [4.69, 9.17) is 17.2 Å². The number of anilines is 1. The van der Waals surface area contributed by atoms with E-state index in [1.807, 2.05) is 42.6 Å². The molecule has 0 saturated carbocycles. The molecule has 86 valence electrons. The fraction of sp³-hybridized carbons (Fsp3) is 0. The summed E-state index contributed by atoms with van der Waals surface area (Å²) < 4.78 is 0. The first-order valence-corrected chi connectivity index (χ1v) is 5.12. The molecule has 0 aliphatic rings. The number of aromatic amines is 1. The van der Waals surface area contributed by atoms with Gasteiger partial charge in [-0.1, -0.05) is 12.1 Å². The van der Waals surface area contributed by atoms with Gasteiger partial charge in [-0.3, -0.25) is 0 Å². The van der Waals surface area contributed by atoms with E-state index in [-0.39, 0.29) is 5.96 Å². The Morgan fingerprint density at radius 2 is 1.59 bits per heavy atom. The number of aromatic nitrogens is 1. The van der Waals surface area contributed by atoms with Gasteiger partial charge in [-0.05, 0) is 28.8 Å². The van der Waals surface area contributed by atoms with Crippen LogP contribution >= 0.6 is 0 Å². The molecular weight excluding hydrogens is 214 g/mol. The van der Waals surface area contributed by atoms with Crippen LogP contribution in [0.2, 0.25) is 0 Å². The van der Waals surface area contributed by atoms with Gasteiger partial charge >= 0.3 is 11.8 Å². The Morgan fingerprint density at radius 3 is 2.12 bits per heavy atom. The van der Waals surface area contributed by atoms with Crippen molar-refractivity contribution in [3.63, 3.8) is 0 Å². The van der Waals surface area contributed by atoms with E-state index in [2.05, 4.69) is 9.98 Å². The average Bonchev–Trinajstić information content (AvgIpc) is 2.30. The number of benzene rings is 1. The molecule has 0 unspecified atom stereocenters. The highest BCUT2D eigenvalue weighted by Gasteiger charge is 2.03. The normalized spacial score (nSPS) is 9.88. The molecule has 2 aromatic rings. The Hall–Kier alpha value is -2.56. The second kappa shape index (κ2) is 4.52. The number of aliphatic imine (C=N–C) groups is 1. The summed E-state index contributed by atoms with van der Waals surface area (Å²) in [4.78, 5) is 6.91. The van der Waals surface area contributed by atoms with Crippen LogP contribution in [0, 0.1) is 0 Å². The van der Waals surface area contributed by atoms with Crippen LogP contribution in [0.3, 0.4) is 0 Å². The Kier molecular flexibility index (Phi) is 2.91. The molecule has 5 nitrogen and oxygen atoms in total. The second-order valence-electron chi connectivity index (χ2n) is 3.62. The maximum absolute atomic E-state index is 5.63. The fourth-order valence-electron chi connectivity index (χ4n) is 1.48. The molecule has 0 radical (unpaired) electrons. The average molecular weight is 228 g/mol. The molecule has 17 heavy (non-hydrogen) atoms. The highest BCUT2D eigenvalue weighted by atomic mass is 15.0. The molecule has 0 aliphatic heterocycles. The van der Waals surface area contributed by atoms with Crippen LogP contribution in [-0.2, 0) is 0 Å². The summed E-state index contributed by atoms with van der Waals surface area (Å²) in [5, 5.41) is 0. The lowest BCUT2D eigenvalue weighted by atomic mass is 10.1. The predicted molar refractivity (Wildman–Crippen MR) is 68.3 cm³/mol. The molecule has 1 heterocycles. The summed E-state index contributed by atoms with van der Waals surface area (Å²) in [7, 11) is 0. The van der Waals surface area contributed by atoms with Crippen molar-refractivity contribution < 1.29 is 4.98 Å². The van der Waals surface area contributed by atoms with Crippen molar-refractivity contribution in [2.75, 3.05) is 5.73 Å². The molecule has 0 fully saturated rings. The van der Waals surface area contributed by atoms with E-state index < -0.39 is 0 Å². The maximum Gasteiger partial charge on any atom is 0.325 e. The van der Waals surface area contributed by atoms with Crippen molar-refractivity contribution in [2.45, 2.75) is 0 Å². The molecule has 2 rings (SSSR count). The van der Waals surface area contributed by atoms with Gasteiger partial charge in [0, 0.05) is 17.3 Å². The van der Waals surface area contributed by atoms with Gasteiger partial charge in [-0.25, -0.2) is 4.98 Å². The Morgan fingerprint density at radius 1 is 0.941 bits per heavy atom. The topological polar surface area (TPSA) is 105 Å². The Labute approximate surface area is 99.0 Å². The van der Waals surface area contributed by atoms with Crippen LogP contribution in [0.25, 0.3) is 11.1 Å². The van der Waals surface area contributed by atoms with Gasteiger partial charge < -0.3 is 17.2 Å². The molecule has 1 aromatic heterocycles. The van der Waals surface area contributed by atoms with Crippen molar-refractivity contribution in [1.82, 2.24) is 0 Å². The number of nitrogens with one attached hydrogen (secondary N) is 1. The van der Waals surface area contributed by atoms with E-state index >= 15 is 0 Å². The molecule has 0 spiro atoms. The molecule has 0 atom stereocenters. The van der Waals surface area contributed by atoms with Gasteiger partial charge in [0.25, 0.3) is 0 Å². The number of guanidine groups is 1. The molecular formula is C12H14N5+. The minimum atomic E-state index is 0.0292. The van der Waals surface area contributed by atoms with Gasteiger partial charge in [0.05, 0.1) is 6.20 Å². The minimum Gasteiger partial charge on any atom is -0.399 e. The molecule has 5 heteroatoms. The van der Waals surface area contributed by atoms with Gasteiger partial charge in [0.2, 0.25) is 0 Å². The number of hydrogen-bond donors (Lipinski definition) is 3. The van der Waals surface area contributed by atoms with Crippen molar-refractivity contribution in [2.24, 2.45) is 16.5 Å². The zero-order chi connectivity index (χ0) is 12.3. The number of pyridine rings is 1. The SMILES string of the molecule is NC(N)=Nc1ccc(-c2ccc(N)cc2)c[nH+]1. The lowest BCUT2D eigenvalue weighted by Crippen LogP contribution is -2.22. The molecule has 7 N–H and O–H groups in total. The van der Waals surface area contributed by atoms with Crippen molar-refractivity contribution in [3.8, 4) is 11.1 Å². The summed E-state index contributed by atoms with van der Waals surface area (Å²) in [6.45, 7) is 0. The van der Waals surface area contributed by atoms with Gasteiger partial charge in [-0.15, -0.1) is 0 Å². The van der Waals surface area contributed by atoms with Crippen LogP contribution in [0.1, 0.15) is 0 Å². The molecule has 0 aliphatic carbocycles. The number of hydrogen-bond acceptors (Lipinski definition) is 2. The van der Waals surface area contributed by atoms with Gasteiger partial charge in [0.15, 0.2) is 0 Å². The van der Waals surface area contributed by atoms with E-state index in [1.54, 1.807) is 0 Å². The third-order valence-corrected chi connectivity index (χ3v) is 2.29. The van der Waals surface area contributed by atoms with Crippen molar-refractivity contribution >= 4 is 17.5 Å². The van der Waals surface area contributed by atoms with Crippen molar-refractivity contribution in [3.05, 3.63) is 42.6 Å². The van der Waals surface area contributed by atoms with E-state index in [0.717, 1.165) is 16.8 Å². The quantitative estimate of drug-likeness (QED) is 0.399. The highest BCUT2D eigenvalue weighted by molar-refractivity contribution is 5.78. The van der Waals surface area contributed by atoms with Gasteiger partial charge in [0.1, 0.15) is 0 Å². The number of nitrogens with two attached hydrogens (primary N) is 3. The largest absolute Gasteiger partial charge is 0.399 e. The van der Waals surface area contributed by atoms with Crippen molar-refractivity contribution in [1.29, 1.82) is 0 Å². The third-order valence-electron chi connectivity index (χ3n) is 2.29. The zero-order valence-corrected chi connectivity index (χ0v) is 9.22. The van der Waals surface area contributed by atoms with Crippen LogP contribution in [-0.4, -0.2) is 5.96 Å². The second-order valence-corrected chi connectivity index (χ2v) is 3.62. The Bertz CT molecular complexity index is 524. The van der Waals surface area contributed by atoms with Crippen LogP contribution < -0.4 is 22.2 Å². The van der Waals surface area contributed by atoms with E-state index in [1.165, 1.54) is 0 Å². The predicted octanol–water partition coefficient (Wildman–Crippen LogP) is 0.655. The lowest BCUT2D eigenvalue weighted by Gasteiger charge is -1.99. The smallest absolute Gasteiger partial charge is 0.325 e. The van der Waals surface area contributed by atoms with Gasteiger partial charge in [-0.2, -0.15) is 0 Å². The van der Waals surface area contributed by atoms with E-state index in [9.17, 15) is 0 Å². The minimum absolute atomic E-state index is 0.0292. The maximum atomic E-state index is 5.63. The number of nitrogens with zero attached hydrogens (tertiary/aromatic N) is 1. The van der Waals surface area contributed by atoms with Crippen LogP contribution in [0.5, 0.6) is 0 Å². The first-order chi connectivity index (χ1) is 8.15. The molecule has 0 bridgehead atoms. The van der Waals surface area contributed by atoms with Crippen LogP contribution in [0.4, 0.5) is 11.5 Å². The summed E-state index contributed by atoms with van der Waals surface area (Å²) in [6.07, 6.45) is 1.84. The van der Waals surface area contributed by atoms with E-state index in [0.29, 0.717) is 5.82 Å². The number of H-pyrrole nitrogens is 1. The monoisotopic (exact) mass is 228 g/mol. The number of rotatable bonds is 2. The first-order valence-electron chi connectivity index (χ1n) is 5.12. The standard InChI is InChI=1S/C12H13N5/c13-10-4-1-8(2-5-10)9-3-6-11(16-7-9)17-12(14)15/h1-7H,13H2,(H4,14,15,16,17)/p+1. The molecule has 1 aromatic carbocycles. The zero-order valence-electron chi connectivity index (χ0n) is 9.22. The summed E-state index contributed by atoms with van der Waals surface area (Å²) in [6, 6.07) is 11.4. The fourth-order valence-corrected chi connectivity index (χ4v) is 1.48. The molecule has 0 saturated heterocycles. The lowest BCUT2D eigenvalue weighted by molar-refractivity contribution is -0.361. The summed E-state index contributed by atoms with van der Waals surface area (Å²) >= 11 is 0. The summed E-state index contributed by atoms with van der Waals surface area (Å²) in [5.41, 5.74) is 19.1. The van der Waals surface area contributed by atoms with Crippen LogP contribution in [0.15, 0.2) is 47.6 Å². The third kappa shape index (κ3) is 2.72. The molecule has 0 amide bonds. The first kappa shape index (κ1) is 10.9. The number of nitrogen functional groups attached to an aromatic ring is 1. The summed E-state index contributed by atoms with van der Waals surface area (Å²) in [5.74, 6) is 0.644. The highest BCUT2D eigenvalue weighted by Crippen LogP contribution is 2.19.